The number of anilines is 1. The first kappa shape index (κ1) is 16.3. The highest BCUT2D eigenvalue weighted by Crippen LogP contribution is 2.24. The average Bonchev–Trinajstić information content (AvgIpc) is 2.99. The van der Waals surface area contributed by atoms with Gasteiger partial charge < -0.3 is 15.2 Å². The minimum absolute atomic E-state index is 0.0650. The summed E-state index contributed by atoms with van der Waals surface area (Å²) in [4.78, 5) is 0. The molecule has 124 valence electrons. The third kappa shape index (κ3) is 4.02. The van der Waals surface area contributed by atoms with Gasteiger partial charge in [0.1, 0.15) is 36.3 Å². The molecule has 0 aliphatic heterocycles. The molecule has 0 bridgehead atoms. The molecule has 0 aliphatic rings. The monoisotopic (exact) mass is 347 g/mol. The van der Waals surface area contributed by atoms with E-state index in [1.54, 1.807) is 24.3 Å². The highest BCUT2D eigenvalue weighted by molar-refractivity contribution is 7.08. The molecule has 6 heteroatoms. The van der Waals surface area contributed by atoms with E-state index in [1.165, 1.54) is 11.3 Å². The van der Waals surface area contributed by atoms with Crippen molar-refractivity contribution in [1.82, 2.24) is 0 Å². The van der Waals surface area contributed by atoms with Crippen molar-refractivity contribution in [2.24, 2.45) is 0 Å². The SMILES string of the molecule is Nc1cscc1COc1cccc(OCc2cc(F)ccc2F)c1. The summed E-state index contributed by atoms with van der Waals surface area (Å²) < 4.78 is 37.9. The van der Waals surface area contributed by atoms with Crippen molar-refractivity contribution in [3.63, 3.8) is 0 Å². The van der Waals surface area contributed by atoms with Crippen LogP contribution in [-0.2, 0) is 13.2 Å². The van der Waals surface area contributed by atoms with Crippen LogP contribution in [0.4, 0.5) is 14.5 Å². The molecule has 0 atom stereocenters. The molecule has 0 aliphatic carbocycles. The summed E-state index contributed by atoms with van der Waals surface area (Å²) >= 11 is 1.52. The Labute approximate surface area is 142 Å². The molecule has 0 spiro atoms. The van der Waals surface area contributed by atoms with Crippen LogP contribution in [0.1, 0.15) is 11.1 Å². The van der Waals surface area contributed by atoms with Gasteiger partial charge in [-0.15, -0.1) is 11.3 Å². The Hall–Kier alpha value is -2.60. The van der Waals surface area contributed by atoms with Crippen molar-refractivity contribution in [3.05, 3.63) is 76.0 Å². The summed E-state index contributed by atoms with van der Waals surface area (Å²) in [6.45, 7) is 0.293. The summed E-state index contributed by atoms with van der Waals surface area (Å²) in [7, 11) is 0. The van der Waals surface area contributed by atoms with Crippen LogP contribution in [-0.4, -0.2) is 0 Å². The van der Waals surface area contributed by atoms with Crippen LogP contribution in [0.25, 0.3) is 0 Å². The zero-order chi connectivity index (χ0) is 16.9. The second kappa shape index (κ2) is 7.31. The van der Waals surface area contributed by atoms with Crippen LogP contribution in [0, 0.1) is 11.6 Å². The molecule has 0 fully saturated rings. The lowest BCUT2D eigenvalue weighted by atomic mass is 10.2. The quantitative estimate of drug-likeness (QED) is 0.699. The highest BCUT2D eigenvalue weighted by atomic mass is 32.1. The molecule has 1 heterocycles. The number of thiophene rings is 1. The van der Waals surface area contributed by atoms with Crippen LogP contribution in [0.2, 0.25) is 0 Å². The van der Waals surface area contributed by atoms with E-state index >= 15 is 0 Å². The van der Waals surface area contributed by atoms with Gasteiger partial charge in [0.2, 0.25) is 0 Å². The molecule has 24 heavy (non-hydrogen) atoms. The fourth-order valence-corrected chi connectivity index (χ4v) is 2.81. The average molecular weight is 347 g/mol. The minimum atomic E-state index is -0.503. The van der Waals surface area contributed by atoms with Crippen LogP contribution >= 0.6 is 11.3 Å². The number of rotatable bonds is 6. The van der Waals surface area contributed by atoms with Gasteiger partial charge in [-0.1, -0.05) is 6.07 Å². The number of benzene rings is 2. The molecule has 2 N–H and O–H groups in total. The summed E-state index contributed by atoms with van der Waals surface area (Å²) in [6.07, 6.45) is 0. The fraction of sp³-hybridized carbons (Fsp3) is 0.111. The van der Waals surface area contributed by atoms with Crippen molar-refractivity contribution in [1.29, 1.82) is 0 Å². The predicted octanol–water partition coefficient (Wildman–Crippen LogP) is 4.77. The molecule has 0 saturated heterocycles. The van der Waals surface area contributed by atoms with Gasteiger partial charge in [-0.3, -0.25) is 0 Å². The molecule has 0 saturated carbocycles. The Bertz CT molecular complexity index is 835. The summed E-state index contributed by atoms with van der Waals surface area (Å²) in [5.41, 5.74) is 7.60. The zero-order valence-corrected chi connectivity index (χ0v) is 13.5. The van der Waals surface area contributed by atoms with E-state index in [-0.39, 0.29) is 12.2 Å². The van der Waals surface area contributed by atoms with E-state index < -0.39 is 11.6 Å². The molecular formula is C18H15F2NO2S. The Kier molecular flexibility index (Phi) is 4.96. The van der Waals surface area contributed by atoms with Crippen LogP contribution < -0.4 is 15.2 Å². The molecule has 0 radical (unpaired) electrons. The molecule has 3 nitrogen and oxygen atoms in total. The van der Waals surface area contributed by atoms with E-state index in [0.29, 0.717) is 23.8 Å². The standard InChI is InChI=1S/C18H15F2NO2S/c19-14-4-5-17(20)12(6-14)8-22-15-2-1-3-16(7-15)23-9-13-10-24-11-18(13)21/h1-7,10-11H,8-9,21H2. The zero-order valence-electron chi connectivity index (χ0n) is 12.7. The first-order valence-electron chi connectivity index (χ1n) is 7.22. The summed E-state index contributed by atoms with van der Waals surface area (Å²) in [5, 5.41) is 3.79. The maximum Gasteiger partial charge on any atom is 0.130 e. The Morgan fingerprint density at radius 2 is 1.58 bits per heavy atom. The van der Waals surface area contributed by atoms with Gasteiger partial charge in [0.05, 0.1) is 0 Å². The summed E-state index contributed by atoms with van der Waals surface area (Å²) in [5.74, 6) is 0.115. The Balaban J connectivity index is 1.62. The van der Waals surface area contributed by atoms with E-state index in [0.717, 1.165) is 23.8 Å². The second-order valence-electron chi connectivity index (χ2n) is 5.14. The Morgan fingerprint density at radius 1 is 0.875 bits per heavy atom. The minimum Gasteiger partial charge on any atom is -0.489 e. The molecule has 0 unspecified atom stereocenters. The summed E-state index contributed by atoms with van der Waals surface area (Å²) in [6, 6.07) is 10.3. The van der Waals surface area contributed by atoms with Gasteiger partial charge in [0.25, 0.3) is 0 Å². The molecule has 3 aromatic rings. The van der Waals surface area contributed by atoms with Crippen LogP contribution in [0.3, 0.4) is 0 Å². The third-order valence-corrected chi connectivity index (χ3v) is 4.19. The second-order valence-corrected chi connectivity index (χ2v) is 5.88. The van der Waals surface area contributed by atoms with Crippen LogP contribution in [0.15, 0.2) is 53.2 Å². The number of ether oxygens (including phenoxy) is 2. The lowest BCUT2D eigenvalue weighted by molar-refractivity contribution is 0.287. The van der Waals surface area contributed by atoms with E-state index in [1.807, 2.05) is 10.8 Å². The highest BCUT2D eigenvalue weighted by Gasteiger charge is 2.06. The largest absolute Gasteiger partial charge is 0.489 e. The first-order chi connectivity index (χ1) is 11.6. The normalized spacial score (nSPS) is 10.6. The first-order valence-corrected chi connectivity index (χ1v) is 8.16. The number of halogens is 2. The molecular weight excluding hydrogens is 332 g/mol. The van der Waals surface area contributed by atoms with Crippen molar-refractivity contribution >= 4 is 17.0 Å². The van der Waals surface area contributed by atoms with Crippen molar-refractivity contribution in [2.45, 2.75) is 13.2 Å². The third-order valence-electron chi connectivity index (χ3n) is 3.38. The number of nitrogens with two attached hydrogens (primary N) is 1. The van der Waals surface area contributed by atoms with Crippen molar-refractivity contribution < 1.29 is 18.3 Å². The van der Waals surface area contributed by atoms with Crippen molar-refractivity contribution in [2.75, 3.05) is 5.73 Å². The number of nitrogen functional groups attached to an aromatic ring is 1. The Morgan fingerprint density at radius 3 is 2.25 bits per heavy atom. The van der Waals surface area contributed by atoms with Gasteiger partial charge in [-0.25, -0.2) is 8.78 Å². The predicted molar refractivity (Wildman–Crippen MR) is 90.2 cm³/mol. The smallest absolute Gasteiger partial charge is 0.130 e. The molecule has 1 aromatic heterocycles. The fourth-order valence-electron chi connectivity index (χ4n) is 2.08. The maximum atomic E-state index is 13.6. The molecule has 0 amide bonds. The van der Waals surface area contributed by atoms with Gasteiger partial charge in [0.15, 0.2) is 0 Å². The van der Waals surface area contributed by atoms with Crippen molar-refractivity contribution in [3.8, 4) is 11.5 Å². The van der Waals surface area contributed by atoms with E-state index in [9.17, 15) is 8.78 Å². The molecule has 2 aromatic carbocycles. The van der Waals surface area contributed by atoms with Gasteiger partial charge in [-0.2, -0.15) is 0 Å². The lowest BCUT2D eigenvalue weighted by Crippen LogP contribution is -2.00. The maximum absolute atomic E-state index is 13.6. The lowest BCUT2D eigenvalue weighted by Gasteiger charge is -2.10. The topological polar surface area (TPSA) is 44.5 Å². The van der Waals surface area contributed by atoms with Gasteiger partial charge >= 0.3 is 0 Å². The number of hydrogen-bond donors (Lipinski definition) is 1. The molecule has 3 rings (SSSR count). The van der Waals surface area contributed by atoms with Gasteiger partial charge in [-0.05, 0) is 35.7 Å². The van der Waals surface area contributed by atoms with E-state index in [2.05, 4.69) is 0 Å². The van der Waals surface area contributed by atoms with Crippen LogP contribution in [0.5, 0.6) is 11.5 Å². The van der Waals surface area contributed by atoms with E-state index in [4.69, 9.17) is 15.2 Å². The number of hydrogen-bond acceptors (Lipinski definition) is 4. The van der Waals surface area contributed by atoms with Gasteiger partial charge in [0, 0.05) is 28.3 Å².